The minimum absolute atomic E-state index is 0.143. The Morgan fingerprint density at radius 3 is 2.58 bits per heavy atom. The van der Waals surface area contributed by atoms with Crippen molar-refractivity contribution in [3.8, 4) is 0 Å². The molecule has 8 heteroatoms. The highest BCUT2D eigenvalue weighted by atomic mass is 32.2. The molecule has 4 rings (SSSR count). The fourth-order valence-electron chi connectivity index (χ4n) is 3.26. The molecule has 0 fully saturated rings. The van der Waals surface area contributed by atoms with Gasteiger partial charge in [0.05, 0.1) is 16.8 Å². The lowest BCUT2D eigenvalue weighted by atomic mass is 10.2. The summed E-state index contributed by atoms with van der Waals surface area (Å²) in [6, 6.07) is 18.1. The molecule has 0 saturated heterocycles. The van der Waals surface area contributed by atoms with Crippen LogP contribution < -0.4 is 10.6 Å². The molecule has 0 aliphatic carbocycles. The van der Waals surface area contributed by atoms with Gasteiger partial charge in [-0.1, -0.05) is 18.2 Å². The Morgan fingerprint density at radius 1 is 0.968 bits per heavy atom. The van der Waals surface area contributed by atoms with Gasteiger partial charge in [-0.15, -0.1) is 0 Å². The number of pyridine rings is 1. The summed E-state index contributed by atoms with van der Waals surface area (Å²) in [6.45, 7) is 0.143. The Balaban J connectivity index is 1.48. The number of nitrogens with zero attached hydrogens (tertiary/aromatic N) is 3. The van der Waals surface area contributed by atoms with Crippen LogP contribution in [0.5, 0.6) is 0 Å². The maximum absolute atomic E-state index is 12.8. The van der Waals surface area contributed by atoms with Crippen LogP contribution >= 0.6 is 11.8 Å². The molecule has 2 aromatic carbocycles. The van der Waals surface area contributed by atoms with Gasteiger partial charge in [-0.2, -0.15) is 11.8 Å². The highest BCUT2D eigenvalue weighted by molar-refractivity contribution is 7.97. The zero-order valence-electron chi connectivity index (χ0n) is 16.9. The van der Waals surface area contributed by atoms with Crippen molar-refractivity contribution < 1.29 is 9.59 Å². The lowest BCUT2D eigenvalue weighted by molar-refractivity contribution is -0.116. The van der Waals surface area contributed by atoms with E-state index in [0.29, 0.717) is 22.7 Å². The number of hydrogen-bond donors (Lipinski definition) is 2. The van der Waals surface area contributed by atoms with Crippen LogP contribution in [-0.2, 0) is 17.1 Å². The Morgan fingerprint density at radius 2 is 1.77 bits per heavy atom. The molecule has 4 aromatic rings. The van der Waals surface area contributed by atoms with E-state index in [-0.39, 0.29) is 18.4 Å². The van der Waals surface area contributed by atoms with Crippen LogP contribution in [0.4, 0.5) is 11.4 Å². The van der Waals surface area contributed by atoms with Crippen LogP contribution in [0.2, 0.25) is 0 Å². The maximum Gasteiger partial charge on any atom is 0.255 e. The fraction of sp³-hybridized carbons (Fsp3) is 0.130. The highest BCUT2D eigenvalue weighted by Gasteiger charge is 2.14. The van der Waals surface area contributed by atoms with E-state index in [2.05, 4.69) is 20.6 Å². The van der Waals surface area contributed by atoms with Crippen molar-refractivity contribution in [3.05, 3.63) is 84.4 Å². The summed E-state index contributed by atoms with van der Waals surface area (Å²) >= 11 is 1.66. The summed E-state index contributed by atoms with van der Waals surface area (Å²) in [6.07, 6.45) is 5.22. The number of amides is 2. The number of thioether (sulfide) groups is 1. The molecule has 156 valence electrons. The number of para-hydroxylation sites is 2. The number of rotatable bonds is 7. The first kappa shape index (κ1) is 20.6. The Hall–Kier alpha value is -3.65. The predicted molar refractivity (Wildman–Crippen MR) is 124 cm³/mol. The van der Waals surface area contributed by atoms with Crippen molar-refractivity contribution in [2.45, 2.75) is 12.3 Å². The smallest absolute Gasteiger partial charge is 0.255 e. The standard InChI is InChI=1S/C23H21N5O2S/c1-31-15-21-27-19-7-2-3-8-20(19)28(21)14-22(29)25-18-6-4-5-16(13-18)23(30)26-17-9-11-24-12-10-17/h2-13H,14-15H2,1H3,(H,25,29)(H,24,26,30). The number of carbonyl (C=O) groups is 2. The second-order valence-corrected chi connectivity index (χ2v) is 7.72. The number of anilines is 2. The average Bonchev–Trinajstić information content (AvgIpc) is 3.12. The van der Waals surface area contributed by atoms with E-state index in [1.165, 1.54) is 0 Å². The molecule has 0 saturated carbocycles. The lowest BCUT2D eigenvalue weighted by Gasteiger charge is -2.11. The summed E-state index contributed by atoms with van der Waals surface area (Å²) in [4.78, 5) is 33.9. The van der Waals surface area contributed by atoms with Gasteiger partial charge in [-0.3, -0.25) is 14.6 Å². The Bertz CT molecular complexity index is 1220. The van der Waals surface area contributed by atoms with Gasteiger partial charge in [0.2, 0.25) is 5.91 Å². The number of benzene rings is 2. The molecule has 0 bridgehead atoms. The molecule has 2 aromatic heterocycles. The van der Waals surface area contributed by atoms with Crippen LogP contribution in [0.15, 0.2) is 73.1 Å². The van der Waals surface area contributed by atoms with Crippen LogP contribution in [0.25, 0.3) is 11.0 Å². The third kappa shape index (κ3) is 4.92. The van der Waals surface area contributed by atoms with E-state index in [9.17, 15) is 9.59 Å². The second kappa shape index (κ2) is 9.44. The van der Waals surface area contributed by atoms with Crippen LogP contribution in [0, 0.1) is 0 Å². The quantitative estimate of drug-likeness (QED) is 0.458. The minimum atomic E-state index is -0.259. The number of imidazole rings is 1. The molecular weight excluding hydrogens is 410 g/mol. The number of nitrogens with one attached hydrogen (secondary N) is 2. The van der Waals surface area contributed by atoms with E-state index in [1.54, 1.807) is 60.6 Å². The highest BCUT2D eigenvalue weighted by Crippen LogP contribution is 2.19. The summed E-state index contributed by atoms with van der Waals surface area (Å²) in [7, 11) is 0. The van der Waals surface area contributed by atoms with Crippen molar-refractivity contribution >= 4 is 46.0 Å². The van der Waals surface area contributed by atoms with Gasteiger partial charge in [0.15, 0.2) is 0 Å². The number of fused-ring (bicyclic) bond motifs is 1. The van der Waals surface area contributed by atoms with Crippen molar-refractivity contribution in [2.75, 3.05) is 16.9 Å². The summed E-state index contributed by atoms with van der Waals surface area (Å²) in [5.74, 6) is 1.13. The van der Waals surface area contributed by atoms with Crippen LogP contribution in [0.1, 0.15) is 16.2 Å². The normalized spacial score (nSPS) is 10.7. The molecule has 2 heterocycles. The van der Waals surface area contributed by atoms with Gasteiger partial charge < -0.3 is 15.2 Å². The zero-order chi connectivity index (χ0) is 21.6. The summed E-state index contributed by atoms with van der Waals surface area (Å²) < 4.78 is 1.93. The summed E-state index contributed by atoms with van der Waals surface area (Å²) in [5.41, 5.74) is 3.46. The van der Waals surface area contributed by atoms with Crippen molar-refractivity contribution in [3.63, 3.8) is 0 Å². The van der Waals surface area contributed by atoms with Crippen molar-refractivity contribution in [2.24, 2.45) is 0 Å². The topological polar surface area (TPSA) is 88.9 Å². The molecule has 0 aliphatic rings. The van der Waals surface area contributed by atoms with Gasteiger partial charge >= 0.3 is 0 Å². The number of carbonyl (C=O) groups excluding carboxylic acids is 2. The molecular formula is C23H21N5O2S. The monoisotopic (exact) mass is 431 g/mol. The lowest BCUT2D eigenvalue weighted by Crippen LogP contribution is -2.20. The average molecular weight is 432 g/mol. The Kier molecular flexibility index (Phi) is 6.28. The van der Waals surface area contributed by atoms with Crippen molar-refractivity contribution in [1.29, 1.82) is 0 Å². The second-order valence-electron chi connectivity index (χ2n) is 6.85. The molecule has 31 heavy (non-hydrogen) atoms. The van der Waals surface area contributed by atoms with Gasteiger partial charge in [0.25, 0.3) is 5.91 Å². The molecule has 0 unspecified atom stereocenters. The van der Waals surface area contributed by atoms with Gasteiger partial charge in [0, 0.05) is 29.3 Å². The van der Waals surface area contributed by atoms with E-state index in [1.807, 2.05) is 35.1 Å². The SMILES string of the molecule is CSCc1nc2ccccc2n1CC(=O)Nc1cccc(C(=O)Nc2ccncc2)c1. The molecule has 2 amide bonds. The fourth-order valence-corrected chi connectivity index (χ4v) is 3.74. The zero-order valence-corrected chi connectivity index (χ0v) is 17.7. The largest absolute Gasteiger partial charge is 0.325 e. The minimum Gasteiger partial charge on any atom is -0.325 e. The summed E-state index contributed by atoms with van der Waals surface area (Å²) in [5, 5.41) is 5.70. The van der Waals surface area contributed by atoms with E-state index in [4.69, 9.17) is 0 Å². The Labute approximate surface area is 183 Å². The van der Waals surface area contributed by atoms with E-state index >= 15 is 0 Å². The number of aromatic nitrogens is 3. The molecule has 0 radical (unpaired) electrons. The van der Waals surface area contributed by atoms with E-state index in [0.717, 1.165) is 16.9 Å². The van der Waals surface area contributed by atoms with Crippen LogP contribution in [0.3, 0.4) is 0 Å². The van der Waals surface area contributed by atoms with Crippen LogP contribution in [-0.4, -0.2) is 32.6 Å². The first-order valence-electron chi connectivity index (χ1n) is 9.68. The molecule has 0 atom stereocenters. The third-order valence-electron chi connectivity index (χ3n) is 4.66. The molecule has 7 nitrogen and oxygen atoms in total. The van der Waals surface area contributed by atoms with Crippen molar-refractivity contribution in [1.82, 2.24) is 14.5 Å². The third-order valence-corrected chi connectivity index (χ3v) is 5.20. The van der Waals surface area contributed by atoms with Gasteiger partial charge in [-0.05, 0) is 48.7 Å². The van der Waals surface area contributed by atoms with Gasteiger partial charge in [0.1, 0.15) is 12.4 Å². The first-order chi connectivity index (χ1) is 15.1. The van der Waals surface area contributed by atoms with Gasteiger partial charge in [-0.25, -0.2) is 4.98 Å². The first-order valence-corrected chi connectivity index (χ1v) is 11.1. The maximum atomic E-state index is 12.8. The molecule has 0 spiro atoms. The molecule has 2 N–H and O–H groups in total. The van der Waals surface area contributed by atoms with E-state index < -0.39 is 0 Å². The number of hydrogen-bond acceptors (Lipinski definition) is 5. The molecule has 0 aliphatic heterocycles. The predicted octanol–water partition coefficient (Wildman–Crippen LogP) is 4.19.